The zero-order chi connectivity index (χ0) is 24.4. The van der Waals surface area contributed by atoms with Crippen LogP contribution in [0.3, 0.4) is 0 Å². The minimum absolute atomic E-state index is 0.0966. The fraction of sp³-hybridized carbons (Fsp3) is 0.533. The molecule has 1 aromatic carbocycles. The third-order valence-electron chi connectivity index (χ3n) is 10.1. The van der Waals surface area contributed by atoms with Crippen LogP contribution >= 0.6 is 0 Å². The summed E-state index contributed by atoms with van der Waals surface area (Å²) in [6.45, 7) is 7.06. The van der Waals surface area contributed by atoms with Crippen molar-refractivity contribution in [2.45, 2.75) is 71.8 Å². The molecule has 6 rings (SSSR count). The number of carbonyl (C=O) groups excluding carboxylic acids is 1. The molecule has 0 bridgehead atoms. The average molecular weight is 474 g/mol. The Hall–Kier alpha value is -2.69. The van der Waals surface area contributed by atoms with Crippen LogP contribution in [-0.4, -0.2) is 21.5 Å². The Kier molecular flexibility index (Phi) is 5.32. The van der Waals surface area contributed by atoms with E-state index < -0.39 is 0 Å². The molecular formula is C30H36FN3O. The van der Waals surface area contributed by atoms with E-state index in [1.165, 1.54) is 37.1 Å². The largest absolute Gasteiger partial charge is 0.349 e. The number of aryl methyl sites for hydroxylation is 1. The summed E-state index contributed by atoms with van der Waals surface area (Å²) in [6, 6.07) is 5.99. The van der Waals surface area contributed by atoms with Crippen molar-refractivity contribution in [2.75, 3.05) is 0 Å². The van der Waals surface area contributed by atoms with Crippen molar-refractivity contribution < 1.29 is 9.18 Å². The van der Waals surface area contributed by atoms with Gasteiger partial charge in [0.1, 0.15) is 5.82 Å². The van der Waals surface area contributed by atoms with Gasteiger partial charge in [-0.05, 0) is 99.3 Å². The predicted octanol–water partition coefficient (Wildman–Crippen LogP) is 6.54. The van der Waals surface area contributed by atoms with Gasteiger partial charge in [0.25, 0.3) is 5.91 Å². The summed E-state index contributed by atoms with van der Waals surface area (Å²) < 4.78 is 15.5. The maximum Gasteiger partial charge on any atom is 0.251 e. The zero-order valence-corrected chi connectivity index (χ0v) is 21.1. The SMILES string of the molecule is Cc1cn(C2=CCC3C4CC=C5CC(NC(=O)c6ccc(F)cc6)CCC5(C)C4CCC23C)cn1. The number of rotatable bonds is 3. The first-order chi connectivity index (χ1) is 16.8. The molecule has 0 saturated heterocycles. The fourth-order valence-electron chi connectivity index (χ4n) is 8.15. The Morgan fingerprint density at radius 1 is 1.06 bits per heavy atom. The number of fused-ring (bicyclic) bond motifs is 5. The van der Waals surface area contributed by atoms with Crippen molar-refractivity contribution in [1.82, 2.24) is 14.9 Å². The second kappa shape index (κ2) is 8.18. The van der Waals surface area contributed by atoms with E-state index in [0.29, 0.717) is 23.3 Å². The van der Waals surface area contributed by atoms with Crippen LogP contribution in [0.25, 0.3) is 5.70 Å². The highest BCUT2D eigenvalue weighted by molar-refractivity contribution is 5.94. The van der Waals surface area contributed by atoms with E-state index in [0.717, 1.165) is 31.4 Å². The van der Waals surface area contributed by atoms with Crippen molar-refractivity contribution in [2.24, 2.45) is 28.6 Å². The van der Waals surface area contributed by atoms with Crippen molar-refractivity contribution in [3.63, 3.8) is 0 Å². The predicted molar refractivity (Wildman–Crippen MR) is 136 cm³/mol. The van der Waals surface area contributed by atoms with Gasteiger partial charge in [0.15, 0.2) is 0 Å². The molecule has 1 N–H and O–H groups in total. The van der Waals surface area contributed by atoms with Crippen molar-refractivity contribution in [3.8, 4) is 0 Å². The van der Waals surface area contributed by atoms with Crippen molar-refractivity contribution in [1.29, 1.82) is 0 Å². The average Bonchev–Trinajstić information content (AvgIpc) is 3.42. The lowest BCUT2D eigenvalue weighted by Gasteiger charge is -2.58. The number of carbonyl (C=O) groups is 1. The molecule has 35 heavy (non-hydrogen) atoms. The third-order valence-corrected chi connectivity index (χ3v) is 10.1. The first-order valence-electron chi connectivity index (χ1n) is 13.3. The first kappa shape index (κ1) is 22.8. The van der Waals surface area contributed by atoms with Crippen LogP contribution in [0.2, 0.25) is 0 Å². The van der Waals surface area contributed by atoms with Gasteiger partial charge in [0, 0.05) is 28.9 Å². The molecule has 6 atom stereocenters. The molecule has 1 aromatic heterocycles. The zero-order valence-electron chi connectivity index (χ0n) is 21.1. The number of nitrogens with one attached hydrogen (secondary N) is 1. The molecule has 0 spiro atoms. The summed E-state index contributed by atoms with van der Waals surface area (Å²) in [5.41, 5.74) is 5.06. The molecule has 6 unspecified atom stereocenters. The van der Waals surface area contributed by atoms with Crippen LogP contribution in [0.5, 0.6) is 0 Å². The normalized spacial score (nSPS) is 35.9. The van der Waals surface area contributed by atoms with Crippen LogP contribution in [-0.2, 0) is 0 Å². The van der Waals surface area contributed by atoms with Gasteiger partial charge in [-0.3, -0.25) is 4.79 Å². The number of allylic oxidation sites excluding steroid dienone is 3. The summed E-state index contributed by atoms with van der Waals surface area (Å²) in [6.07, 6.45) is 17.1. The second-order valence-corrected chi connectivity index (χ2v) is 11.9. The van der Waals surface area contributed by atoms with Crippen LogP contribution in [0.15, 0.2) is 54.5 Å². The number of amides is 1. The van der Waals surface area contributed by atoms with Gasteiger partial charge in [-0.2, -0.15) is 0 Å². The summed E-state index contributed by atoms with van der Waals surface area (Å²) in [7, 11) is 0. The fourth-order valence-corrected chi connectivity index (χ4v) is 8.15. The monoisotopic (exact) mass is 473 g/mol. The quantitative estimate of drug-likeness (QED) is 0.514. The third kappa shape index (κ3) is 3.61. The van der Waals surface area contributed by atoms with Gasteiger partial charge >= 0.3 is 0 Å². The molecule has 184 valence electrons. The lowest BCUT2D eigenvalue weighted by atomic mass is 9.47. The van der Waals surface area contributed by atoms with Crippen molar-refractivity contribution >= 4 is 11.6 Å². The van der Waals surface area contributed by atoms with Crippen LogP contribution in [0, 0.1) is 41.3 Å². The standard InChI is InChI=1S/C30H36FN3O/c1-19-17-34(18-32-19)27-11-10-25-24-9-6-21-16-23(33-28(35)20-4-7-22(31)8-5-20)12-14-29(21,2)26(24)13-15-30(25,27)3/h4-8,11,17-18,23-26H,9-10,12-16H2,1-3H3,(H,33,35). The molecule has 1 amide bonds. The van der Waals surface area contributed by atoms with Gasteiger partial charge in [0.05, 0.1) is 12.0 Å². The Labute approximate surface area is 207 Å². The van der Waals surface area contributed by atoms with Crippen LogP contribution in [0.4, 0.5) is 4.39 Å². The lowest BCUT2D eigenvalue weighted by Crippen LogP contribution is -2.51. The molecule has 2 aromatic rings. The van der Waals surface area contributed by atoms with E-state index in [9.17, 15) is 9.18 Å². The molecule has 4 nitrogen and oxygen atoms in total. The minimum Gasteiger partial charge on any atom is -0.349 e. The Balaban J connectivity index is 1.18. The summed E-state index contributed by atoms with van der Waals surface area (Å²) in [5, 5.41) is 3.23. The highest BCUT2D eigenvalue weighted by atomic mass is 19.1. The Morgan fingerprint density at radius 3 is 2.57 bits per heavy atom. The molecular weight excluding hydrogens is 437 g/mol. The Bertz CT molecular complexity index is 1210. The molecule has 4 aliphatic rings. The molecule has 4 aliphatic carbocycles. The number of nitrogens with zero attached hydrogens (tertiary/aromatic N) is 2. The number of hydrogen-bond donors (Lipinski definition) is 1. The molecule has 0 radical (unpaired) electrons. The van der Waals surface area contributed by atoms with E-state index in [-0.39, 0.29) is 28.6 Å². The summed E-state index contributed by atoms with van der Waals surface area (Å²) in [5.74, 6) is 1.70. The number of halogens is 1. The van der Waals surface area contributed by atoms with Gasteiger partial charge in [0.2, 0.25) is 0 Å². The van der Waals surface area contributed by atoms with Crippen LogP contribution < -0.4 is 5.32 Å². The molecule has 1 heterocycles. The number of hydrogen-bond acceptors (Lipinski definition) is 2. The lowest BCUT2D eigenvalue weighted by molar-refractivity contribution is -0.0137. The van der Waals surface area contributed by atoms with E-state index in [1.54, 1.807) is 17.7 Å². The van der Waals surface area contributed by atoms with Crippen molar-refractivity contribution in [3.05, 3.63) is 71.6 Å². The number of imidazole rings is 1. The van der Waals surface area contributed by atoms with E-state index in [2.05, 4.69) is 54.0 Å². The molecule has 5 heteroatoms. The Morgan fingerprint density at radius 2 is 1.83 bits per heavy atom. The summed E-state index contributed by atoms with van der Waals surface area (Å²) >= 11 is 0. The highest BCUT2D eigenvalue weighted by Crippen LogP contribution is 2.65. The van der Waals surface area contributed by atoms with Gasteiger partial charge < -0.3 is 9.88 Å². The maximum atomic E-state index is 13.2. The smallest absolute Gasteiger partial charge is 0.251 e. The highest BCUT2D eigenvalue weighted by Gasteiger charge is 2.57. The van der Waals surface area contributed by atoms with Gasteiger partial charge in [-0.1, -0.05) is 31.6 Å². The van der Waals surface area contributed by atoms with E-state index in [4.69, 9.17) is 0 Å². The van der Waals surface area contributed by atoms with Gasteiger partial charge in [-0.25, -0.2) is 9.37 Å². The van der Waals surface area contributed by atoms with E-state index >= 15 is 0 Å². The minimum atomic E-state index is -0.315. The summed E-state index contributed by atoms with van der Waals surface area (Å²) in [4.78, 5) is 17.2. The second-order valence-electron chi connectivity index (χ2n) is 11.9. The molecule has 2 saturated carbocycles. The maximum absolute atomic E-state index is 13.2. The number of benzene rings is 1. The first-order valence-corrected chi connectivity index (χ1v) is 13.3. The van der Waals surface area contributed by atoms with Gasteiger partial charge in [-0.15, -0.1) is 0 Å². The number of aromatic nitrogens is 2. The van der Waals surface area contributed by atoms with Crippen LogP contribution in [0.1, 0.15) is 74.8 Å². The molecule has 0 aliphatic heterocycles. The van der Waals surface area contributed by atoms with E-state index in [1.807, 2.05) is 6.33 Å². The topological polar surface area (TPSA) is 46.9 Å². The molecule has 2 fully saturated rings.